The fourth-order valence-corrected chi connectivity index (χ4v) is 6.45. The zero-order valence-corrected chi connectivity index (χ0v) is 23.3. The second-order valence-electron chi connectivity index (χ2n) is 11.1. The summed E-state index contributed by atoms with van der Waals surface area (Å²) in [6.45, 7) is 0. The van der Waals surface area contributed by atoms with E-state index in [0.717, 1.165) is 38.8 Å². The van der Waals surface area contributed by atoms with Gasteiger partial charge in [-0.2, -0.15) is 0 Å². The Hall–Kier alpha value is -5.80. The molecule has 0 spiro atoms. The third kappa shape index (κ3) is 3.83. The number of aromatic nitrogens is 3. The van der Waals surface area contributed by atoms with Crippen LogP contribution in [0.5, 0.6) is 0 Å². The molecule has 0 atom stereocenters. The minimum atomic E-state index is 0.670. The number of rotatable bonds is 3. The van der Waals surface area contributed by atoms with Crippen LogP contribution in [0.25, 0.3) is 82.6 Å². The maximum atomic E-state index is 5.29. The van der Waals surface area contributed by atoms with E-state index < -0.39 is 0 Å². The summed E-state index contributed by atoms with van der Waals surface area (Å²) in [6, 6.07) is 53.8. The second kappa shape index (κ2) is 9.37. The molecule has 0 bridgehead atoms. The normalized spacial score (nSPS) is 11.7. The van der Waals surface area contributed by atoms with Gasteiger partial charge in [0.2, 0.25) is 5.95 Å². The Morgan fingerprint density at radius 2 is 1.02 bits per heavy atom. The van der Waals surface area contributed by atoms with E-state index in [1.54, 1.807) is 0 Å². The van der Waals surface area contributed by atoms with Gasteiger partial charge < -0.3 is 0 Å². The van der Waals surface area contributed by atoms with Gasteiger partial charge in [-0.3, -0.25) is 4.57 Å². The average molecular weight is 548 g/mol. The van der Waals surface area contributed by atoms with E-state index >= 15 is 0 Å². The number of para-hydroxylation sites is 1. The van der Waals surface area contributed by atoms with Gasteiger partial charge in [0.25, 0.3) is 0 Å². The summed E-state index contributed by atoms with van der Waals surface area (Å²) in [5.41, 5.74) is 7.42. The smallest absolute Gasteiger partial charge is 0.235 e. The Balaban J connectivity index is 1.35. The van der Waals surface area contributed by atoms with Gasteiger partial charge in [0.1, 0.15) is 0 Å². The van der Waals surface area contributed by atoms with E-state index in [2.05, 4.69) is 150 Å². The van der Waals surface area contributed by atoms with Gasteiger partial charge in [-0.15, -0.1) is 0 Å². The predicted octanol–water partition coefficient (Wildman–Crippen LogP) is 10.4. The van der Waals surface area contributed by atoms with Gasteiger partial charge in [0.05, 0.1) is 22.2 Å². The third-order valence-corrected chi connectivity index (χ3v) is 8.56. The van der Waals surface area contributed by atoms with Crippen LogP contribution < -0.4 is 0 Å². The molecule has 0 radical (unpaired) electrons. The van der Waals surface area contributed by atoms with Gasteiger partial charge in [0.15, 0.2) is 0 Å². The molecule has 0 amide bonds. The fourth-order valence-electron chi connectivity index (χ4n) is 6.45. The molecule has 43 heavy (non-hydrogen) atoms. The van der Waals surface area contributed by atoms with Crippen LogP contribution in [0.15, 0.2) is 152 Å². The number of benzene rings is 7. The zero-order chi connectivity index (χ0) is 28.3. The number of hydrogen-bond acceptors (Lipinski definition) is 2. The lowest BCUT2D eigenvalue weighted by Crippen LogP contribution is -2.03. The second-order valence-corrected chi connectivity index (χ2v) is 11.1. The molecule has 0 saturated carbocycles. The van der Waals surface area contributed by atoms with Crippen LogP contribution in [-0.4, -0.2) is 14.5 Å². The van der Waals surface area contributed by atoms with E-state index in [-0.39, 0.29) is 0 Å². The zero-order valence-electron chi connectivity index (χ0n) is 23.3. The highest BCUT2D eigenvalue weighted by Crippen LogP contribution is 2.36. The van der Waals surface area contributed by atoms with Crippen molar-refractivity contribution in [3.05, 3.63) is 152 Å². The molecule has 7 aromatic carbocycles. The quantitative estimate of drug-likeness (QED) is 0.220. The highest BCUT2D eigenvalue weighted by molar-refractivity contribution is 6.13. The van der Waals surface area contributed by atoms with Crippen molar-refractivity contribution in [2.24, 2.45) is 0 Å². The first-order chi connectivity index (χ1) is 21.3. The van der Waals surface area contributed by atoms with Crippen molar-refractivity contribution in [2.45, 2.75) is 0 Å². The van der Waals surface area contributed by atoms with Crippen LogP contribution in [0.2, 0.25) is 0 Å². The first-order valence-corrected chi connectivity index (χ1v) is 14.6. The summed E-state index contributed by atoms with van der Waals surface area (Å²) in [5.74, 6) is 0.670. The summed E-state index contributed by atoms with van der Waals surface area (Å²) in [6.07, 6.45) is 0. The van der Waals surface area contributed by atoms with Crippen LogP contribution in [0, 0.1) is 0 Å². The van der Waals surface area contributed by atoms with E-state index in [1.165, 1.54) is 37.9 Å². The van der Waals surface area contributed by atoms with Crippen LogP contribution in [0.3, 0.4) is 0 Å². The molecule has 0 fully saturated rings. The van der Waals surface area contributed by atoms with Gasteiger partial charge in [-0.25, -0.2) is 9.97 Å². The lowest BCUT2D eigenvalue weighted by atomic mass is 9.99. The maximum absolute atomic E-state index is 5.29. The highest BCUT2D eigenvalue weighted by atomic mass is 15.2. The molecule has 3 nitrogen and oxygen atoms in total. The molecule has 0 N–H and O–H groups in total. The SMILES string of the molecule is c1ccc(-c2nc(-n3c4ccccc4c4cc5ccccc5cc43)nc3cc(-c4ccc5ccccc5c4)ccc23)cc1. The Bertz CT molecular complexity index is 2510. The molecule has 0 saturated heterocycles. The molecule has 9 rings (SSSR count). The first-order valence-electron chi connectivity index (χ1n) is 14.6. The van der Waals surface area contributed by atoms with Crippen molar-refractivity contribution in [3.63, 3.8) is 0 Å². The molecule has 0 aliphatic rings. The summed E-state index contributed by atoms with van der Waals surface area (Å²) in [4.78, 5) is 10.6. The number of fused-ring (bicyclic) bond motifs is 6. The van der Waals surface area contributed by atoms with E-state index in [1.807, 2.05) is 6.07 Å². The summed E-state index contributed by atoms with van der Waals surface area (Å²) in [5, 5.41) is 8.31. The monoisotopic (exact) mass is 547 g/mol. The Morgan fingerprint density at radius 1 is 0.372 bits per heavy atom. The lowest BCUT2D eigenvalue weighted by Gasteiger charge is -2.13. The van der Waals surface area contributed by atoms with E-state index in [4.69, 9.17) is 9.97 Å². The molecule has 9 aromatic rings. The minimum Gasteiger partial charge on any atom is -0.278 e. The third-order valence-electron chi connectivity index (χ3n) is 8.56. The van der Waals surface area contributed by atoms with Crippen molar-refractivity contribution in [3.8, 4) is 28.3 Å². The van der Waals surface area contributed by atoms with Crippen LogP contribution in [-0.2, 0) is 0 Å². The molecule has 0 aliphatic heterocycles. The van der Waals surface area contributed by atoms with Gasteiger partial charge >= 0.3 is 0 Å². The van der Waals surface area contributed by atoms with Crippen molar-refractivity contribution in [1.29, 1.82) is 0 Å². The summed E-state index contributed by atoms with van der Waals surface area (Å²) < 4.78 is 2.23. The Labute approximate surface area is 248 Å². The molecule has 200 valence electrons. The van der Waals surface area contributed by atoms with E-state index in [0.29, 0.717) is 5.95 Å². The van der Waals surface area contributed by atoms with E-state index in [9.17, 15) is 0 Å². The highest BCUT2D eigenvalue weighted by Gasteiger charge is 2.18. The van der Waals surface area contributed by atoms with Crippen molar-refractivity contribution < 1.29 is 0 Å². The van der Waals surface area contributed by atoms with Crippen molar-refractivity contribution in [1.82, 2.24) is 14.5 Å². The minimum absolute atomic E-state index is 0.670. The van der Waals surface area contributed by atoms with Gasteiger partial charge in [0, 0.05) is 21.7 Å². The first kappa shape index (κ1) is 23.9. The van der Waals surface area contributed by atoms with Crippen molar-refractivity contribution in [2.75, 3.05) is 0 Å². The summed E-state index contributed by atoms with van der Waals surface area (Å²) >= 11 is 0. The predicted molar refractivity (Wildman–Crippen MR) is 180 cm³/mol. The number of nitrogens with zero attached hydrogens (tertiary/aromatic N) is 3. The van der Waals surface area contributed by atoms with Crippen LogP contribution in [0.1, 0.15) is 0 Å². The Kier molecular flexibility index (Phi) is 5.20. The Morgan fingerprint density at radius 3 is 1.86 bits per heavy atom. The molecular formula is C40H25N3. The van der Waals surface area contributed by atoms with Gasteiger partial charge in [-0.05, 0) is 69.1 Å². The molecular weight excluding hydrogens is 522 g/mol. The number of hydrogen-bond donors (Lipinski definition) is 0. The van der Waals surface area contributed by atoms with Crippen LogP contribution >= 0.6 is 0 Å². The molecule has 0 aliphatic carbocycles. The molecule has 0 unspecified atom stereocenters. The maximum Gasteiger partial charge on any atom is 0.235 e. The molecule has 2 aromatic heterocycles. The van der Waals surface area contributed by atoms with Crippen molar-refractivity contribution >= 4 is 54.3 Å². The van der Waals surface area contributed by atoms with Gasteiger partial charge in [-0.1, -0.05) is 115 Å². The molecule has 3 heteroatoms. The topological polar surface area (TPSA) is 30.7 Å². The molecule has 2 heterocycles. The standard InChI is InChI=1S/C40H25N3/c1-2-11-27(12-3-1)39-34-21-20-32(31-19-18-26-10-4-5-13-28(26)22-31)24-36(34)41-40(42-39)43-37-17-9-8-16-33(37)35-23-29-14-6-7-15-30(29)25-38(35)43/h1-25H. The largest absolute Gasteiger partial charge is 0.278 e. The average Bonchev–Trinajstić information content (AvgIpc) is 3.39. The summed E-state index contributed by atoms with van der Waals surface area (Å²) in [7, 11) is 0. The fraction of sp³-hybridized carbons (Fsp3) is 0. The lowest BCUT2D eigenvalue weighted by molar-refractivity contribution is 1.01. The van der Waals surface area contributed by atoms with Crippen LogP contribution in [0.4, 0.5) is 0 Å².